The van der Waals surface area contributed by atoms with E-state index in [1.165, 1.54) is 12.8 Å². The van der Waals surface area contributed by atoms with Crippen LogP contribution in [0.25, 0.3) is 0 Å². The monoisotopic (exact) mass is 251 g/mol. The minimum Gasteiger partial charge on any atom is -0.348 e. The summed E-state index contributed by atoms with van der Waals surface area (Å²) in [4.78, 5) is 20.8. The van der Waals surface area contributed by atoms with Crippen LogP contribution in [-0.4, -0.2) is 42.0 Å². The first-order valence-electron chi connectivity index (χ1n) is 6.34. The summed E-state index contributed by atoms with van der Waals surface area (Å²) in [5, 5.41) is 2.93. The highest BCUT2D eigenvalue weighted by molar-refractivity contribution is 7.13. The van der Waals surface area contributed by atoms with Gasteiger partial charge >= 0.3 is 0 Å². The number of thiazole rings is 1. The number of aromatic nitrogens is 1. The maximum Gasteiger partial charge on any atom is 0.273 e. The smallest absolute Gasteiger partial charge is 0.273 e. The van der Waals surface area contributed by atoms with Crippen LogP contribution < -0.4 is 4.90 Å². The molecule has 3 rings (SSSR count). The highest BCUT2D eigenvalue weighted by atomic mass is 32.1. The summed E-state index contributed by atoms with van der Waals surface area (Å²) in [5.74, 6) is 0.115. The van der Waals surface area contributed by atoms with E-state index >= 15 is 0 Å². The first-order valence-corrected chi connectivity index (χ1v) is 7.22. The van der Waals surface area contributed by atoms with Crippen LogP contribution in [-0.2, 0) is 0 Å². The summed E-state index contributed by atoms with van der Waals surface area (Å²) < 4.78 is 0. The third kappa shape index (κ3) is 2.16. The van der Waals surface area contributed by atoms with E-state index in [0.29, 0.717) is 5.69 Å². The van der Waals surface area contributed by atoms with E-state index in [9.17, 15) is 4.79 Å². The van der Waals surface area contributed by atoms with Gasteiger partial charge in [0, 0.05) is 31.6 Å². The van der Waals surface area contributed by atoms with Gasteiger partial charge in [-0.3, -0.25) is 4.79 Å². The molecule has 1 amide bonds. The van der Waals surface area contributed by atoms with Crippen LogP contribution in [0.5, 0.6) is 0 Å². The second-order valence-corrected chi connectivity index (χ2v) is 5.55. The van der Waals surface area contributed by atoms with Crippen LogP contribution in [0.2, 0.25) is 0 Å². The van der Waals surface area contributed by atoms with E-state index in [1.807, 2.05) is 10.3 Å². The molecular formula is C12H17N3OS. The predicted octanol–water partition coefficient (Wildman–Crippen LogP) is 1.98. The lowest BCUT2D eigenvalue weighted by atomic mass is 10.4. The summed E-state index contributed by atoms with van der Waals surface area (Å²) in [6.07, 6.45) is 4.76. The Morgan fingerprint density at radius 2 is 1.76 bits per heavy atom. The fourth-order valence-electron chi connectivity index (χ4n) is 2.50. The third-order valence-electron chi connectivity index (χ3n) is 3.48. The van der Waals surface area contributed by atoms with Gasteiger partial charge in [0.1, 0.15) is 5.69 Å². The van der Waals surface area contributed by atoms with Crippen molar-refractivity contribution in [2.24, 2.45) is 0 Å². The van der Waals surface area contributed by atoms with Crippen molar-refractivity contribution in [3.05, 3.63) is 11.1 Å². The highest BCUT2D eigenvalue weighted by Crippen LogP contribution is 2.25. The van der Waals surface area contributed by atoms with Crippen molar-refractivity contribution in [3.8, 4) is 0 Å². The van der Waals surface area contributed by atoms with Crippen LogP contribution in [0, 0.1) is 0 Å². The third-order valence-corrected chi connectivity index (χ3v) is 4.38. The molecule has 2 aliphatic heterocycles. The Morgan fingerprint density at radius 1 is 1.12 bits per heavy atom. The number of likely N-dealkylation sites (tertiary alicyclic amines) is 1. The molecule has 4 nitrogen and oxygen atoms in total. The van der Waals surface area contributed by atoms with Crippen LogP contribution in [0.15, 0.2) is 5.38 Å². The lowest BCUT2D eigenvalue weighted by Crippen LogP contribution is -2.28. The van der Waals surface area contributed by atoms with E-state index < -0.39 is 0 Å². The molecule has 2 saturated heterocycles. The Kier molecular flexibility index (Phi) is 3.01. The fraction of sp³-hybridized carbons (Fsp3) is 0.667. The average Bonchev–Trinajstić information content (AvgIpc) is 3.09. The van der Waals surface area contributed by atoms with Gasteiger partial charge in [0.15, 0.2) is 5.13 Å². The summed E-state index contributed by atoms with van der Waals surface area (Å²) in [7, 11) is 0. The van der Waals surface area contributed by atoms with Crippen molar-refractivity contribution in [2.75, 3.05) is 31.1 Å². The van der Waals surface area contributed by atoms with Crippen molar-refractivity contribution in [2.45, 2.75) is 25.7 Å². The van der Waals surface area contributed by atoms with Gasteiger partial charge in [-0.1, -0.05) is 0 Å². The molecule has 5 heteroatoms. The lowest BCUT2D eigenvalue weighted by Gasteiger charge is -2.14. The molecule has 17 heavy (non-hydrogen) atoms. The maximum atomic E-state index is 12.1. The molecule has 0 radical (unpaired) electrons. The van der Waals surface area contributed by atoms with Crippen molar-refractivity contribution in [3.63, 3.8) is 0 Å². The zero-order valence-electron chi connectivity index (χ0n) is 9.89. The van der Waals surface area contributed by atoms with Crippen LogP contribution in [0.1, 0.15) is 36.2 Å². The molecule has 0 spiro atoms. The first kappa shape index (κ1) is 11.0. The van der Waals surface area contributed by atoms with Gasteiger partial charge in [-0.15, -0.1) is 11.3 Å². The molecule has 0 atom stereocenters. The maximum absolute atomic E-state index is 12.1. The van der Waals surface area contributed by atoms with Gasteiger partial charge in [-0.05, 0) is 25.7 Å². The van der Waals surface area contributed by atoms with Crippen LogP contribution >= 0.6 is 11.3 Å². The number of hydrogen-bond acceptors (Lipinski definition) is 4. The highest BCUT2D eigenvalue weighted by Gasteiger charge is 2.23. The molecule has 92 valence electrons. The minimum absolute atomic E-state index is 0.115. The number of carbonyl (C=O) groups excluding carboxylic acids is 1. The van der Waals surface area contributed by atoms with E-state index in [1.54, 1.807) is 11.3 Å². The number of nitrogens with zero attached hydrogens (tertiary/aromatic N) is 3. The quantitative estimate of drug-likeness (QED) is 0.806. The second-order valence-electron chi connectivity index (χ2n) is 4.71. The normalized spacial score (nSPS) is 20.2. The van der Waals surface area contributed by atoms with Crippen LogP contribution in [0.4, 0.5) is 5.13 Å². The first-order chi connectivity index (χ1) is 8.34. The van der Waals surface area contributed by atoms with E-state index in [4.69, 9.17) is 0 Å². The minimum atomic E-state index is 0.115. The average molecular weight is 251 g/mol. The predicted molar refractivity (Wildman–Crippen MR) is 68.7 cm³/mol. The molecule has 0 bridgehead atoms. The number of anilines is 1. The molecule has 2 aliphatic rings. The summed E-state index contributed by atoms with van der Waals surface area (Å²) in [5.41, 5.74) is 0.638. The van der Waals surface area contributed by atoms with Gasteiger partial charge in [-0.25, -0.2) is 4.98 Å². The Bertz CT molecular complexity index is 406. The molecule has 0 saturated carbocycles. The van der Waals surface area contributed by atoms with E-state index in [0.717, 1.165) is 44.2 Å². The van der Waals surface area contributed by atoms with Gasteiger partial charge in [0.05, 0.1) is 0 Å². The molecule has 0 aromatic carbocycles. The lowest BCUT2D eigenvalue weighted by molar-refractivity contribution is 0.0788. The molecule has 1 aromatic rings. The van der Waals surface area contributed by atoms with Crippen molar-refractivity contribution < 1.29 is 4.79 Å². The zero-order valence-corrected chi connectivity index (χ0v) is 10.7. The van der Waals surface area contributed by atoms with Gasteiger partial charge < -0.3 is 9.80 Å². The molecule has 0 N–H and O–H groups in total. The molecular weight excluding hydrogens is 234 g/mol. The Balaban J connectivity index is 1.72. The number of amides is 1. The van der Waals surface area contributed by atoms with Crippen molar-refractivity contribution in [1.29, 1.82) is 0 Å². The standard InChI is InChI=1S/C12H17N3OS/c16-11(14-5-1-2-6-14)10-9-17-12(13-10)15-7-3-4-8-15/h9H,1-8H2. The molecule has 2 fully saturated rings. The summed E-state index contributed by atoms with van der Waals surface area (Å²) in [6.45, 7) is 3.97. The van der Waals surface area contributed by atoms with Crippen molar-refractivity contribution >= 4 is 22.4 Å². The number of rotatable bonds is 2. The van der Waals surface area contributed by atoms with Crippen molar-refractivity contribution in [1.82, 2.24) is 9.88 Å². The Morgan fingerprint density at radius 3 is 2.47 bits per heavy atom. The van der Waals surface area contributed by atoms with E-state index in [2.05, 4.69) is 9.88 Å². The molecule has 3 heterocycles. The number of hydrogen-bond donors (Lipinski definition) is 0. The van der Waals surface area contributed by atoms with Gasteiger partial charge in [0.2, 0.25) is 0 Å². The number of carbonyl (C=O) groups is 1. The van der Waals surface area contributed by atoms with Gasteiger partial charge in [-0.2, -0.15) is 0 Å². The molecule has 1 aromatic heterocycles. The van der Waals surface area contributed by atoms with Gasteiger partial charge in [0.25, 0.3) is 5.91 Å². The van der Waals surface area contributed by atoms with E-state index in [-0.39, 0.29) is 5.91 Å². The summed E-state index contributed by atoms with van der Waals surface area (Å²) >= 11 is 1.60. The van der Waals surface area contributed by atoms with Crippen LogP contribution in [0.3, 0.4) is 0 Å². The Hall–Kier alpha value is -1.10. The second kappa shape index (κ2) is 4.64. The summed E-state index contributed by atoms with van der Waals surface area (Å²) in [6, 6.07) is 0. The molecule has 0 aliphatic carbocycles. The Labute approximate surface area is 105 Å². The fourth-order valence-corrected chi connectivity index (χ4v) is 3.35. The zero-order chi connectivity index (χ0) is 11.7. The SMILES string of the molecule is O=C(c1csc(N2CCCC2)n1)N1CCCC1. The molecule has 0 unspecified atom stereocenters. The largest absolute Gasteiger partial charge is 0.348 e. The topological polar surface area (TPSA) is 36.4 Å².